The highest BCUT2D eigenvalue weighted by Crippen LogP contribution is 2.23. The molecule has 5 heteroatoms. The van der Waals surface area contributed by atoms with Gasteiger partial charge < -0.3 is 14.7 Å². The summed E-state index contributed by atoms with van der Waals surface area (Å²) in [6.07, 6.45) is 0. The number of hydrogen-bond acceptors (Lipinski definition) is 4. The number of thiophene rings is 1. The molecule has 0 aliphatic carbocycles. The third-order valence-corrected chi connectivity index (χ3v) is 4.09. The lowest BCUT2D eigenvalue weighted by Crippen LogP contribution is -2.40. The van der Waals surface area contributed by atoms with Gasteiger partial charge >= 0.3 is 0 Å². The Morgan fingerprint density at radius 2 is 2.30 bits per heavy atom. The summed E-state index contributed by atoms with van der Waals surface area (Å²) in [6.45, 7) is 6.82. The van der Waals surface area contributed by atoms with E-state index < -0.39 is 0 Å². The summed E-state index contributed by atoms with van der Waals surface area (Å²) in [5.74, 6) is 5.49. The third kappa shape index (κ3) is 4.07. The van der Waals surface area contributed by atoms with Crippen molar-refractivity contribution in [3.8, 4) is 11.8 Å². The molecule has 0 saturated carbocycles. The van der Waals surface area contributed by atoms with Gasteiger partial charge in [-0.3, -0.25) is 4.79 Å². The molecule has 0 aliphatic rings. The van der Waals surface area contributed by atoms with Gasteiger partial charge in [0.15, 0.2) is 0 Å². The zero-order valence-corrected chi connectivity index (χ0v) is 13.2. The van der Waals surface area contributed by atoms with Gasteiger partial charge in [0, 0.05) is 13.7 Å². The maximum absolute atomic E-state index is 12.5. The van der Waals surface area contributed by atoms with Crippen LogP contribution in [0.1, 0.15) is 34.0 Å². The summed E-state index contributed by atoms with van der Waals surface area (Å²) in [6, 6.07) is 1.89. The van der Waals surface area contributed by atoms with E-state index in [1.165, 1.54) is 11.3 Å². The van der Waals surface area contributed by atoms with Crippen LogP contribution in [0.2, 0.25) is 0 Å². The van der Waals surface area contributed by atoms with Crippen molar-refractivity contribution in [3.63, 3.8) is 0 Å². The Kier molecular flexibility index (Phi) is 6.73. The summed E-state index contributed by atoms with van der Waals surface area (Å²) in [5.41, 5.74) is 0.967. The standard InChI is InChI=1S/C15H21NO3S/c1-5-16(12(3)10-19-4)15(18)14-9-11(2)13(20-14)7-6-8-17/h9,12,17H,5,8,10H2,1-4H3. The van der Waals surface area contributed by atoms with Crippen LogP contribution in [0, 0.1) is 18.8 Å². The van der Waals surface area contributed by atoms with Gasteiger partial charge in [0.1, 0.15) is 6.61 Å². The minimum absolute atomic E-state index is 0.00204. The summed E-state index contributed by atoms with van der Waals surface area (Å²) < 4.78 is 5.11. The first-order chi connectivity index (χ1) is 9.54. The van der Waals surface area contributed by atoms with Crippen LogP contribution >= 0.6 is 11.3 Å². The zero-order chi connectivity index (χ0) is 15.1. The molecule has 1 N–H and O–H groups in total. The molecule has 1 rings (SSSR count). The van der Waals surface area contributed by atoms with Crippen molar-refractivity contribution < 1.29 is 14.6 Å². The molecule has 0 fully saturated rings. The Morgan fingerprint density at radius 3 is 2.85 bits per heavy atom. The van der Waals surface area contributed by atoms with E-state index in [0.29, 0.717) is 18.0 Å². The minimum Gasteiger partial charge on any atom is -0.384 e. The van der Waals surface area contributed by atoms with E-state index in [1.54, 1.807) is 12.0 Å². The second-order valence-corrected chi connectivity index (χ2v) is 5.53. The Labute approximate surface area is 124 Å². The van der Waals surface area contributed by atoms with E-state index in [4.69, 9.17) is 9.84 Å². The molecule has 0 radical (unpaired) electrons. The minimum atomic E-state index is -0.174. The quantitative estimate of drug-likeness (QED) is 0.844. The van der Waals surface area contributed by atoms with Crippen LogP contribution in [0.25, 0.3) is 0 Å². The molecule has 0 saturated heterocycles. The van der Waals surface area contributed by atoms with Crippen LogP contribution in [-0.2, 0) is 4.74 Å². The highest BCUT2D eigenvalue weighted by Gasteiger charge is 2.22. The molecular weight excluding hydrogens is 274 g/mol. The van der Waals surface area contributed by atoms with Crippen molar-refractivity contribution in [3.05, 3.63) is 21.4 Å². The van der Waals surface area contributed by atoms with E-state index in [1.807, 2.05) is 26.8 Å². The molecule has 0 spiro atoms. The molecular formula is C15H21NO3S. The first-order valence-corrected chi connectivity index (χ1v) is 7.36. The number of aliphatic hydroxyl groups is 1. The van der Waals surface area contributed by atoms with Gasteiger partial charge in [0.05, 0.1) is 22.4 Å². The molecule has 1 heterocycles. The lowest BCUT2D eigenvalue weighted by Gasteiger charge is -2.27. The normalized spacial score (nSPS) is 11.7. The topological polar surface area (TPSA) is 49.8 Å². The van der Waals surface area contributed by atoms with Crippen LogP contribution in [0.4, 0.5) is 0 Å². The second-order valence-electron chi connectivity index (χ2n) is 4.48. The maximum Gasteiger partial charge on any atom is 0.264 e. The molecule has 1 atom stereocenters. The van der Waals surface area contributed by atoms with E-state index >= 15 is 0 Å². The molecule has 0 bridgehead atoms. The number of hydrogen-bond donors (Lipinski definition) is 1. The number of carbonyl (C=O) groups is 1. The van der Waals surface area contributed by atoms with Crippen molar-refractivity contribution in [2.75, 3.05) is 26.9 Å². The van der Waals surface area contributed by atoms with Crippen LogP contribution in [0.15, 0.2) is 6.07 Å². The number of aliphatic hydroxyl groups excluding tert-OH is 1. The van der Waals surface area contributed by atoms with E-state index in [-0.39, 0.29) is 18.6 Å². The van der Waals surface area contributed by atoms with E-state index in [9.17, 15) is 4.79 Å². The van der Waals surface area contributed by atoms with Crippen molar-refractivity contribution in [2.45, 2.75) is 26.8 Å². The number of carbonyl (C=O) groups excluding carboxylic acids is 1. The van der Waals surface area contributed by atoms with Gasteiger partial charge in [0.2, 0.25) is 0 Å². The average Bonchev–Trinajstić information content (AvgIpc) is 2.79. The smallest absolute Gasteiger partial charge is 0.264 e. The summed E-state index contributed by atoms with van der Waals surface area (Å²) in [4.78, 5) is 15.8. The predicted molar refractivity (Wildman–Crippen MR) is 81.1 cm³/mol. The second kappa shape index (κ2) is 8.05. The average molecular weight is 295 g/mol. The fourth-order valence-corrected chi connectivity index (χ4v) is 2.96. The molecule has 1 unspecified atom stereocenters. The lowest BCUT2D eigenvalue weighted by atomic mass is 10.2. The molecule has 0 aliphatic heterocycles. The van der Waals surface area contributed by atoms with Crippen LogP contribution in [-0.4, -0.2) is 48.8 Å². The molecule has 110 valence electrons. The van der Waals surface area contributed by atoms with Crippen LogP contribution in [0.5, 0.6) is 0 Å². The maximum atomic E-state index is 12.5. The SMILES string of the molecule is CCN(C(=O)c1cc(C)c(C#CCO)s1)C(C)COC. The van der Waals surface area contributed by atoms with Crippen molar-refractivity contribution >= 4 is 17.2 Å². The Bertz CT molecular complexity index is 513. The number of ether oxygens (including phenoxy) is 1. The number of aryl methyl sites for hydroxylation is 1. The zero-order valence-electron chi connectivity index (χ0n) is 12.4. The van der Waals surface area contributed by atoms with Crippen LogP contribution in [0.3, 0.4) is 0 Å². The van der Waals surface area contributed by atoms with E-state index in [0.717, 1.165) is 10.4 Å². The summed E-state index contributed by atoms with van der Waals surface area (Å²) >= 11 is 1.37. The number of nitrogens with zero attached hydrogens (tertiary/aromatic N) is 1. The van der Waals surface area contributed by atoms with Crippen molar-refractivity contribution in [1.82, 2.24) is 4.90 Å². The third-order valence-electron chi connectivity index (χ3n) is 2.95. The largest absolute Gasteiger partial charge is 0.384 e. The lowest BCUT2D eigenvalue weighted by molar-refractivity contribution is 0.0584. The fraction of sp³-hybridized carbons (Fsp3) is 0.533. The van der Waals surface area contributed by atoms with Crippen molar-refractivity contribution in [1.29, 1.82) is 0 Å². The van der Waals surface area contributed by atoms with Gasteiger partial charge in [-0.1, -0.05) is 11.8 Å². The van der Waals surface area contributed by atoms with Gasteiger partial charge in [-0.15, -0.1) is 11.3 Å². The summed E-state index contributed by atoms with van der Waals surface area (Å²) in [5, 5.41) is 8.73. The Hall–Kier alpha value is -1.35. The Balaban J connectivity index is 2.96. The molecule has 4 nitrogen and oxygen atoms in total. The van der Waals surface area contributed by atoms with Gasteiger partial charge in [-0.05, 0) is 32.4 Å². The highest BCUT2D eigenvalue weighted by atomic mass is 32.1. The Morgan fingerprint density at radius 1 is 1.60 bits per heavy atom. The van der Waals surface area contributed by atoms with Gasteiger partial charge in [-0.2, -0.15) is 0 Å². The molecule has 1 aromatic heterocycles. The number of methoxy groups -OCH3 is 1. The molecule has 0 aromatic carbocycles. The molecule has 1 aromatic rings. The highest BCUT2D eigenvalue weighted by molar-refractivity contribution is 7.14. The van der Waals surface area contributed by atoms with Crippen molar-refractivity contribution in [2.24, 2.45) is 0 Å². The van der Waals surface area contributed by atoms with Gasteiger partial charge in [0.25, 0.3) is 5.91 Å². The van der Waals surface area contributed by atoms with Crippen LogP contribution < -0.4 is 0 Å². The number of likely N-dealkylation sites (N-methyl/N-ethyl adjacent to an activating group) is 1. The summed E-state index contributed by atoms with van der Waals surface area (Å²) in [7, 11) is 1.63. The molecule has 1 amide bonds. The van der Waals surface area contributed by atoms with Gasteiger partial charge in [-0.25, -0.2) is 0 Å². The predicted octanol–water partition coefficient (Wildman–Crippen LogP) is 1.90. The number of amides is 1. The fourth-order valence-electron chi connectivity index (χ4n) is 1.96. The first-order valence-electron chi connectivity index (χ1n) is 6.55. The monoisotopic (exact) mass is 295 g/mol. The number of rotatable bonds is 5. The first kappa shape index (κ1) is 16.7. The molecule has 20 heavy (non-hydrogen) atoms. The van der Waals surface area contributed by atoms with E-state index in [2.05, 4.69) is 11.8 Å².